The van der Waals surface area contributed by atoms with E-state index >= 15 is 0 Å². The van der Waals surface area contributed by atoms with Crippen LogP contribution in [0.25, 0.3) is 0 Å². The molecule has 3 heterocycles. The van der Waals surface area contributed by atoms with Gasteiger partial charge in [-0.2, -0.15) is 5.10 Å². The summed E-state index contributed by atoms with van der Waals surface area (Å²) in [6, 6.07) is 1.89. The molecule has 106 valence electrons. The molecule has 0 spiro atoms. The van der Waals surface area contributed by atoms with Crippen molar-refractivity contribution in [3.05, 3.63) is 18.0 Å². The Bertz CT molecular complexity index is 444. The van der Waals surface area contributed by atoms with Crippen molar-refractivity contribution >= 4 is 0 Å². The first-order valence-electron chi connectivity index (χ1n) is 6.53. The van der Waals surface area contributed by atoms with Crippen LogP contribution in [-0.2, 0) is 18.9 Å². The summed E-state index contributed by atoms with van der Waals surface area (Å²) in [5, 5.41) is 6.91. The number of hydrogen-bond donors (Lipinski definition) is 1. The molecule has 0 bridgehead atoms. The monoisotopic (exact) mass is 268 g/mol. The van der Waals surface area contributed by atoms with Gasteiger partial charge in [0, 0.05) is 6.20 Å². The summed E-state index contributed by atoms with van der Waals surface area (Å²) in [5.74, 6) is -1.21. The molecule has 2 aliphatic heterocycles. The lowest BCUT2D eigenvalue weighted by molar-refractivity contribution is -0.174. The van der Waals surface area contributed by atoms with Gasteiger partial charge in [0.15, 0.2) is 11.6 Å². The highest BCUT2D eigenvalue weighted by molar-refractivity contribution is 5.08. The van der Waals surface area contributed by atoms with Crippen LogP contribution in [0, 0.1) is 0 Å². The molecule has 3 atom stereocenters. The Morgan fingerprint density at radius 2 is 1.95 bits per heavy atom. The third-order valence-electron chi connectivity index (χ3n) is 3.35. The molecule has 1 aromatic rings. The largest absolute Gasteiger partial charge is 0.348 e. The van der Waals surface area contributed by atoms with Crippen molar-refractivity contribution in [1.29, 1.82) is 0 Å². The molecule has 3 rings (SSSR count). The van der Waals surface area contributed by atoms with Crippen molar-refractivity contribution < 1.29 is 18.9 Å². The fourth-order valence-corrected chi connectivity index (χ4v) is 2.60. The minimum atomic E-state index is -0.642. The summed E-state index contributed by atoms with van der Waals surface area (Å²) < 4.78 is 23.5. The number of nitrogens with one attached hydrogen (secondary N) is 1. The van der Waals surface area contributed by atoms with E-state index in [9.17, 15) is 0 Å². The quantitative estimate of drug-likeness (QED) is 0.885. The van der Waals surface area contributed by atoms with E-state index in [1.807, 2.05) is 33.8 Å². The zero-order valence-electron chi connectivity index (χ0n) is 11.7. The maximum atomic E-state index is 5.99. The normalized spacial score (nSPS) is 36.7. The summed E-state index contributed by atoms with van der Waals surface area (Å²) in [6.07, 6.45) is 1.12. The lowest BCUT2D eigenvalue weighted by Gasteiger charge is -2.23. The fraction of sp³-hybridized carbons (Fsp3) is 0.769. The van der Waals surface area contributed by atoms with Crippen molar-refractivity contribution in [3.63, 3.8) is 0 Å². The molecule has 6 heteroatoms. The molecule has 2 saturated heterocycles. The number of aromatic amines is 1. The molecule has 0 aromatic carbocycles. The Morgan fingerprint density at radius 3 is 2.53 bits per heavy atom. The number of H-pyrrole nitrogens is 1. The van der Waals surface area contributed by atoms with E-state index < -0.39 is 11.6 Å². The van der Waals surface area contributed by atoms with Crippen LogP contribution in [0.4, 0.5) is 0 Å². The summed E-state index contributed by atoms with van der Waals surface area (Å²) in [5.41, 5.74) is 0.892. The van der Waals surface area contributed by atoms with Crippen molar-refractivity contribution in [2.45, 2.75) is 57.6 Å². The smallest absolute Gasteiger partial charge is 0.164 e. The van der Waals surface area contributed by atoms with Gasteiger partial charge in [-0.25, -0.2) is 0 Å². The number of ether oxygens (including phenoxy) is 4. The van der Waals surface area contributed by atoms with Crippen LogP contribution in [-0.4, -0.2) is 40.6 Å². The summed E-state index contributed by atoms with van der Waals surface area (Å²) >= 11 is 0. The highest BCUT2D eigenvalue weighted by Gasteiger charge is 2.50. The Morgan fingerprint density at radius 1 is 1.16 bits per heavy atom. The summed E-state index contributed by atoms with van der Waals surface area (Å²) in [7, 11) is 0. The lowest BCUT2D eigenvalue weighted by atomic mass is 10.1. The minimum Gasteiger partial charge on any atom is -0.348 e. The van der Waals surface area contributed by atoms with Crippen molar-refractivity contribution in [2.24, 2.45) is 0 Å². The van der Waals surface area contributed by atoms with Crippen LogP contribution in [0.15, 0.2) is 12.3 Å². The highest BCUT2D eigenvalue weighted by Crippen LogP contribution is 2.42. The maximum absolute atomic E-state index is 5.99. The van der Waals surface area contributed by atoms with Crippen LogP contribution in [0.3, 0.4) is 0 Å². The molecule has 0 unspecified atom stereocenters. The van der Waals surface area contributed by atoms with Gasteiger partial charge in [0.1, 0.15) is 18.3 Å². The van der Waals surface area contributed by atoms with Gasteiger partial charge in [-0.05, 0) is 33.8 Å². The maximum Gasteiger partial charge on any atom is 0.164 e. The standard InChI is InChI=1S/C13H20N2O4/c1-12(2)16-7-9(17-12)11-10(8-5-6-14-15-8)18-13(3,4)19-11/h5-6,9-11H,7H2,1-4H3,(H,14,15)/t9-,10-,11-/m1/s1. The molecule has 0 radical (unpaired) electrons. The fourth-order valence-electron chi connectivity index (χ4n) is 2.60. The van der Waals surface area contributed by atoms with Crippen LogP contribution < -0.4 is 0 Å². The van der Waals surface area contributed by atoms with Gasteiger partial charge in [0.25, 0.3) is 0 Å². The SMILES string of the molecule is CC1(C)O[C@H]([C@H]2COC(C)(C)O2)[C@@H](c2ccn[nH]2)O1. The molecular formula is C13H20N2O4. The van der Waals surface area contributed by atoms with Gasteiger partial charge >= 0.3 is 0 Å². The average molecular weight is 268 g/mol. The predicted molar refractivity (Wildman–Crippen MR) is 66.3 cm³/mol. The third kappa shape index (κ3) is 2.53. The first-order valence-corrected chi connectivity index (χ1v) is 6.53. The number of rotatable bonds is 2. The molecule has 6 nitrogen and oxygen atoms in total. The zero-order valence-corrected chi connectivity index (χ0v) is 11.7. The van der Waals surface area contributed by atoms with E-state index in [-0.39, 0.29) is 18.3 Å². The topological polar surface area (TPSA) is 65.6 Å². The van der Waals surface area contributed by atoms with Gasteiger partial charge < -0.3 is 18.9 Å². The van der Waals surface area contributed by atoms with Crippen LogP contribution in [0.2, 0.25) is 0 Å². The van der Waals surface area contributed by atoms with Crippen molar-refractivity contribution in [1.82, 2.24) is 10.2 Å². The number of aromatic nitrogens is 2. The second kappa shape index (κ2) is 4.28. The van der Waals surface area contributed by atoms with Crippen LogP contribution >= 0.6 is 0 Å². The first-order chi connectivity index (χ1) is 8.86. The first kappa shape index (κ1) is 13.1. The lowest BCUT2D eigenvalue weighted by Crippen LogP contribution is -2.35. The molecule has 2 fully saturated rings. The number of nitrogens with zero attached hydrogens (tertiary/aromatic N) is 1. The van der Waals surface area contributed by atoms with Crippen LogP contribution in [0.1, 0.15) is 39.5 Å². The van der Waals surface area contributed by atoms with Crippen LogP contribution in [0.5, 0.6) is 0 Å². The highest BCUT2D eigenvalue weighted by atomic mass is 16.8. The van der Waals surface area contributed by atoms with Gasteiger partial charge in [0.2, 0.25) is 0 Å². The molecule has 0 aliphatic carbocycles. The Labute approximate surface area is 112 Å². The molecule has 2 aliphatic rings. The second-order valence-corrected chi connectivity index (χ2v) is 5.90. The van der Waals surface area contributed by atoms with Gasteiger partial charge in [0.05, 0.1) is 12.3 Å². The number of hydrogen-bond acceptors (Lipinski definition) is 5. The van der Waals surface area contributed by atoms with Crippen molar-refractivity contribution in [2.75, 3.05) is 6.61 Å². The van der Waals surface area contributed by atoms with Gasteiger partial charge in [-0.3, -0.25) is 5.10 Å². The molecule has 19 heavy (non-hydrogen) atoms. The molecule has 1 N–H and O–H groups in total. The van der Waals surface area contributed by atoms with Crippen molar-refractivity contribution in [3.8, 4) is 0 Å². The second-order valence-electron chi connectivity index (χ2n) is 5.90. The average Bonchev–Trinajstić information content (AvgIpc) is 2.96. The Hall–Kier alpha value is -0.950. The Kier molecular flexibility index (Phi) is 2.94. The molecule has 0 saturated carbocycles. The van der Waals surface area contributed by atoms with E-state index in [2.05, 4.69) is 10.2 Å². The van der Waals surface area contributed by atoms with E-state index in [1.54, 1.807) is 6.20 Å². The summed E-state index contributed by atoms with van der Waals surface area (Å²) in [6.45, 7) is 8.11. The molecule has 1 aromatic heterocycles. The molecule has 0 amide bonds. The van der Waals surface area contributed by atoms with Gasteiger partial charge in [-0.1, -0.05) is 0 Å². The van der Waals surface area contributed by atoms with E-state index in [0.717, 1.165) is 5.69 Å². The van der Waals surface area contributed by atoms with Gasteiger partial charge in [-0.15, -0.1) is 0 Å². The van der Waals surface area contributed by atoms with E-state index in [4.69, 9.17) is 18.9 Å². The molecular weight excluding hydrogens is 248 g/mol. The predicted octanol–water partition coefficient (Wildman–Crippen LogP) is 1.75. The Balaban J connectivity index is 1.82. The minimum absolute atomic E-state index is 0.148. The zero-order chi connectivity index (χ0) is 13.7. The summed E-state index contributed by atoms with van der Waals surface area (Å²) in [4.78, 5) is 0. The van der Waals surface area contributed by atoms with E-state index in [1.165, 1.54) is 0 Å². The van der Waals surface area contributed by atoms with E-state index in [0.29, 0.717) is 6.61 Å². The third-order valence-corrected chi connectivity index (χ3v) is 3.35.